The number of aromatic nitrogens is 1. The second kappa shape index (κ2) is 5.54. The van der Waals surface area contributed by atoms with Gasteiger partial charge in [-0.1, -0.05) is 17.7 Å². The molecule has 102 valence electrons. The topological polar surface area (TPSA) is 115 Å². The van der Waals surface area contributed by atoms with Crippen LogP contribution in [0.25, 0.3) is 0 Å². The number of nitro groups is 1. The van der Waals surface area contributed by atoms with Gasteiger partial charge < -0.3 is 10.5 Å². The van der Waals surface area contributed by atoms with Gasteiger partial charge in [-0.15, -0.1) is 0 Å². The van der Waals surface area contributed by atoms with E-state index in [1.165, 1.54) is 36.5 Å². The standard InChI is InChI=1S/C12H9ClN4O3/c13-8-2-1-3-10(17(18)19)11(8)20-7-4-5-16-9(6-7)12(14)15/h1-6H,(H3,14,15). The number of para-hydroxylation sites is 1. The summed E-state index contributed by atoms with van der Waals surface area (Å²) in [5.74, 6) is -0.0506. The Balaban J connectivity index is 2.42. The monoisotopic (exact) mass is 292 g/mol. The highest BCUT2D eigenvalue weighted by atomic mass is 35.5. The molecule has 8 heteroatoms. The highest BCUT2D eigenvalue weighted by Crippen LogP contribution is 2.37. The number of pyridine rings is 1. The van der Waals surface area contributed by atoms with Gasteiger partial charge in [0.15, 0.2) is 0 Å². The van der Waals surface area contributed by atoms with E-state index in [9.17, 15) is 10.1 Å². The number of amidine groups is 1. The summed E-state index contributed by atoms with van der Waals surface area (Å²) in [7, 11) is 0. The number of hydrogen-bond acceptors (Lipinski definition) is 5. The summed E-state index contributed by atoms with van der Waals surface area (Å²) >= 11 is 5.91. The highest BCUT2D eigenvalue weighted by molar-refractivity contribution is 6.32. The molecule has 0 fully saturated rings. The van der Waals surface area contributed by atoms with E-state index < -0.39 is 4.92 Å². The fourth-order valence-electron chi connectivity index (χ4n) is 1.48. The first kappa shape index (κ1) is 13.8. The SMILES string of the molecule is N=C(N)c1cc(Oc2c(Cl)cccc2[N+](=O)[O-])ccn1. The van der Waals surface area contributed by atoms with E-state index in [1.807, 2.05) is 0 Å². The predicted octanol–water partition coefficient (Wildman–Crippen LogP) is 2.72. The molecular formula is C12H9ClN4O3. The van der Waals surface area contributed by atoms with Crippen LogP contribution in [-0.4, -0.2) is 15.7 Å². The molecule has 1 aromatic carbocycles. The molecule has 1 heterocycles. The third-order valence-electron chi connectivity index (χ3n) is 2.37. The lowest BCUT2D eigenvalue weighted by atomic mass is 10.3. The average Bonchev–Trinajstić information content (AvgIpc) is 2.41. The van der Waals surface area contributed by atoms with E-state index in [0.29, 0.717) is 0 Å². The summed E-state index contributed by atoms with van der Waals surface area (Å²) in [5.41, 5.74) is 5.27. The highest BCUT2D eigenvalue weighted by Gasteiger charge is 2.19. The van der Waals surface area contributed by atoms with Crippen LogP contribution in [0.2, 0.25) is 5.02 Å². The molecule has 0 atom stereocenters. The van der Waals surface area contributed by atoms with Gasteiger partial charge >= 0.3 is 5.69 Å². The Morgan fingerprint density at radius 1 is 1.45 bits per heavy atom. The Morgan fingerprint density at radius 3 is 2.85 bits per heavy atom. The fraction of sp³-hybridized carbons (Fsp3) is 0. The van der Waals surface area contributed by atoms with E-state index >= 15 is 0 Å². The van der Waals surface area contributed by atoms with E-state index in [1.54, 1.807) is 0 Å². The van der Waals surface area contributed by atoms with Crippen LogP contribution in [-0.2, 0) is 0 Å². The summed E-state index contributed by atoms with van der Waals surface area (Å²) in [4.78, 5) is 14.2. The van der Waals surface area contributed by atoms with Crippen molar-refractivity contribution in [3.8, 4) is 11.5 Å². The van der Waals surface area contributed by atoms with Gasteiger partial charge in [0.05, 0.1) is 9.95 Å². The maximum Gasteiger partial charge on any atom is 0.313 e. The molecule has 1 aromatic heterocycles. The number of nitrogens with one attached hydrogen (secondary N) is 1. The molecule has 0 amide bonds. The zero-order valence-electron chi connectivity index (χ0n) is 10.0. The second-order valence-corrected chi connectivity index (χ2v) is 4.14. The summed E-state index contributed by atoms with van der Waals surface area (Å²) in [6.07, 6.45) is 1.38. The van der Waals surface area contributed by atoms with Crippen molar-refractivity contribution >= 4 is 23.1 Å². The fourth-order valence-corrected chi connectivity index (χ4v) is 1.69. The van der Waals surface area contributed by atoms with Gasteiger partial charge in [0, 0.05) is 18.3 Å². The van der Waals surface area contributed by atoms with Gasteiger partial charge in [-0.05, 0) is 12.1 Å². The van der Waals surface area contributed by atoms with E-state index in [2.05, 4.69) is 4.98 Å². The molecule has 3 N–H and O–H groups in total. The number of nitrogens with zero attached hydrogens (tertiary/aromatic N) is 2. The Morgan fingerprint density at radius 2 is 2.20 bits per heavy atom. The quantitative estimate of drug-likeness (QED) is 0.389. The smallest absolute Gasteiger partial charge is 0.313 e. The van der Waals surface area contributed by atoms with Crippen LogP contribution in [0.4, 0.5) is 5.69 Å². The van der Waals surface area contributed by atoms with Crippen LogP contribution < -0.4 is 10.5 Å². The minimum absolute atomic E-state index is 0.0696. The van der Waals surface area contributed by atoms with Crippen molar-refractivity contribution in [1.29, 1.82) is 5.41 Å². The molecule has 0 saturated heterocycles. The number of halogens is 1. The van der Waals surface area contributed by atoms with E-state index in [-0.39, 0.29) is 33.7 Å². The molecule has 0 spiro atoms. The van der Waals surface area contributed by atoms with Crippen LogP contribution >= 0.6 is 11.6 Å². The van der Waals surface area contributed by atoms with Crippen molar-refractivity contribution in [2.24, 2.45) is 5.73 Å². The molecule has 0 radical (unpaired) electrons. The van der Waals surface area contributed by atoms with Crippen molar-refractivity contribution in [3.63, 3.8) is 0 Å². The number of nitro benzene ring substituents is 1. The minimum atomic E-state index is -0.589. The lowest BCUT2D eigenvalue weighted by Crippen LogP contribution is -2.12. The first-order valence-electron chi connectivity index (χ1n) is 5.40. The van der Waals surface area contributed by atoms with Gasteiger partial charge in [-0.25, -0.2) is 0 Å². The van der Waals surface area contributed by atoms with Crippen LogP contribution in [0.15, 0.2) is 36.5 Å². The molecule has 0 saturated carbocycles. The Bertz CT molecular complexity index is 690. The summed E-state index contributed by atoms with van der Waals surface area (Å²) in [6.45, 7) is 0. The number of hydrogen-bond donors (Lipinski definition) is 2. The third-order valence-corrected chi connectivity index (χ3v) is 2.67. The van der Waals surface area contributed by atoms with Crippen molar-refractivity contribution < 1.29 is 9.66 Å². The molecule has 0 aliphatic rings. The third kappa shape index (κ3) is 2.83. The predicted molar refractivity (Wildman–Crippen MR) is 73.4 cm³/mol. The van der Waals surface area contributed by atoms with Crippen molar-refractivity contribution in [2.75, 3.05) is 0 Å². The molecule has 0 unspecified atom stereocenters. The molecule has 7 nitrogen and oxygen atoms in total. The first-order valence-corrected chi connectivity index (χ1v) is 5.78. The van der Waals surface area contributed by atoms with E-state index in [4.69, 9.17) is 27.5 Å². The number of ether oxygens (including phenoxy) is 1. The van der Waals surface area contributed by atoms with Crippen LogP contribution in [0.3, 0.4) is 0 Å². The van der Waals surface area contributed by atoms with E-state index in [0.717, 1.165) is 0 Å². The molecule has 2 aromatic rings. The summed E-state index contributed by atoms with van der Waals surface area (Å²) in [5, 5.41) is 18.3. The number of nitrogens with two attached hydrogens (primary N) is 1. The van der Waals surface area contributed by atoms with Crippen LogP contribution in [0.1, 0.15) is 5.69 Å². The van der Waals surface area contributed by atoms with Crippen LogP contribution in [0, 0.1) is 15.5 Å². The van der Waals surface area contributed by atoms with Crippen molar-refractivity contribution in [3.05, 3.63) is 57.4 Å². The Hall–Kier alpha value is -2.67. The van der Waals surface area contributed by atoms with Gasteiger partial charge in [-0.3, -0.25) is 20.5 Å². The van der Waals surface area contributed by atoms with Gasteiger partial charge in [0.25, 0.3) is 0 Å². The maximum atomic E-state index is 10.9. The maximum absolute atomic E-state index is 10.9. The minimum Gasteiger partial charge on any atom is -0.448 e. The number of benzene rings is 1. The molecule has 20 heavy (non-hydrogen) atoms. The zero-order valence-corrected chi connectivity index (χ0v) is 10.8. The van der Waals surface area contributed by atoms with Gasteiger partial charge in [0.1, 0.15) is 17.3 Å². The Kier molecular flexibility index (Phi) is 3.81. The molecule has 2 rings (SSSR count). The molecule has 0 aliphatic heterocycles. The zero-order chi connectivity index (χ0) is 14.7. The first-order chi connectivity index (χ1) is 9.49. The van der Waals surface area contributed by atoms with Crippen LogP contribution in [0.5, 0.6) is 11.5 Å². The number of nitrogen functional groups attached to an aromatic ring is 1. The number of rotatable bonds is 4. The largest absolute Gasteiger partial charge is 0.448 e. The van der Waals surface area contributed by atoms with Gasteiger partial charge in [-0.2, -0.15) is 0 Å². The lowest BCUT2D eigenvalue weighted by molar-refractivity contribution is -0.385. The summed E-state index contributed by atoms with van der Waals surface area (Å²) in [6, 6.07) is 7.11. The second-order valence-electron chi connectivity index (χ2n) is 3.74. The van der Waals surface area contributed by atoms with Crippen molar-refractivity contribution in [1.82, 2.24) is 4.98 Å². The summed E-state index contributed by atoms with van der Waals surface area (Å²) < 4.78 is 5.43. The van der Waals surface area contributed by atoms with Crippen molar-refractivity contribution in [2.45, 2.75) is 0 Å². The molecular weight excluding hydrogens is 284 g/mol. The average molecular weight is 293 g/mol. The molecule has 0 aliphatic carbocycles. The van der Waals surface area contributed by atoms with Gasteiger partial charge in [0.2, 0.25) is 5.75 Å². The lowest BCUT2D eigenvalue weighted by Gasteiger charge is -2.08. The molecule has 0 bridgehead atoms. The normalized spacial score (nSPS) is 10.1. The Labute approximate surface area is 118 Å².